The number of aryl methyl sites for hydroxylation is 1. The first kappa shape index (κ1) is 24.2. The number of hydrogen-bond acceptors (Lipinski definition) is 6. The third kappa shape index (κ3) is 7.30. The molecule has 0 radical (unpaired) electrons. The number of phenols is 1. The van der Waals surface area contributed by atoms with Gasteiger partial charge in [0, 0.05) is 36.5 Å². The molecule has 0 fully saturated rings. The van der Waals surface area contributed by atoms with Gasteiger partial charge in [0.25, 0.3) is 5.91 Å². The molecule has 2 atom stereocenters. The molecule has 33 heavy (non-hydrogen) atoms. The van der Waals surface area contributed by atoms with Crippen LogP contribution in [0.15, 0.2) is 60.8 Å². The van der Waals surface area contributed by atoms with E-state index in [9.17, 15) is 15.0 Å². The highest BCUT2D eigenvalue weighted by molar-refractivity contribution is 5.94. The molecular formula is C26H32N4O3. The number of hydrogen-bond donors (Lipinski definition) is 5. The van der Waals surface area contributed by atoms with Crippen molar-refractivity contribution in [1.82, 2.24) is 15.6 Å². The van der Waals surface area contributed by atoms with Gasteiger partial charge in [-0.15, -0.1) is 0 Å². The average Bonchev–Trinajstić information content (AvgIpc) is 2.79. The van der Waals surface area contributed by atoms with Gasteiger partial charge in [0.15, 0.2) is 0 Å². The summed E-state index contributed by atoms with van der Waals surface area (Å²) in [7, 11) is 0. The topological polar surface area (TPSA) is 120 Å². The van der Waals surface area contributed by atoms with E-state index in [-0.39, 0.29) is 17.7 Å². The molecule has 1 aromatic heterocycles. The summed E-state index contributed by atoms with van der Waals surface area (Å²) in [5, 5.41) is 26.1. The zero-order valence-electron chi connectivity index (χ0n) is 19.1. The van der Waals surface area contributed by atoms with Gasteiger partial charge in [0.1, 0.15) is 11.6 Å². The van der Waals surface area contributed by atoms with Gasteiger partial charge in [-0.1, -0.05) is 24.3 Å². The number of nitrogen functional groups attached to an aromatic ring is 1. The van der Waals surface area contributed by atoms with E-state index in [0.29, 0.717) is 36.5 Å². The van der Waals surface area contributed by atoms with Gasteiger partial charge in [-0.2, -0.15) is 0 Å². The molecule has 1 amide bonds. The Morgan fingerprint density at radius 3 is 2.70 bits per heavy atom. The molecular weight excluding hydrogens is 416 g/mol. The lowest BCUT2D eigenvalue weighted by Gasteiger charge is -2.18. The lowest BCUT2D eigenvalue weighted by molar-refractivity contribution is 0.0954. The molecule has 0 spiro atoms. The van der Waals surface area contributed by atoms with Crippen molar-refractivity contribution < 1.29 is 15.0 Å². The number of amides is 1. The van der Waals surface area contributed by atoms with Crippen LogP contribution in [-0.2, 0) is 12.8 Å². The largest absolute Gasteiger partial charge is 0.508 e. The maximum absolute atomic E-state index is 12.6. The highest BCUT2D eigenvalue weighted by atomic mass is 16.3. The Bertz CT molecular complexity index is 1070. The summed E-state index contributed by atoms with van der Waals surface area (Å²) in [5.74, 6) is 0.560. The van der Waals surface area contributed by atoms with Crippen LogP contribution in [0.5, 0.6) is 5.75 Å². The number of aliphatic hydroxyl groups is 1. The number of aliphatic hydroxyl groups excluding tert-OH is 1. The lowest BCUT2D eigenvalue weighted by Crippen LogP contribution is -2.32. The molecule has 7 nitrogen and oxygen atoms in total. The smallest absolute Gasteiger partial charge is 0.251 e. The molecule has 6 N–H and O–H groups in total. The van der Waals surface area contributed by atoms with E-state index in [1.807, 2.05) is 38.1 Å². The number of pyridine rings is 1. The van der Waals surface area contributed by atoms with Crippen LogP contribution in [0, 0.1) is 6.92 Å². The fraction of sp³-hybridized carbons (Fsp3) is 0.308. The van der Waals surface area contributed by atoms with Gasteiger partial charge in [-0.3, -0.25) is 4.79 Å². The summed E-state index contributed by atoms with van der Waals surface area (Å²) in [6.45, 7) is 4.90. The summed E-state index contributed by atoms with van der Waals surface area (Å²) in [6, 6.07) is 16.4. The molecule has 0 saturated heterocycles. The fourth-order valence-electron chi connectivity index (χ4n) is 3.68. The zero-order valence-corrected chi connectivity index (χ0v) is 19.1. The van der Waals surface area contributed by atoms with Crippen molar-refractivity contribution in [3.8, 4) is 5.75 Å². The zero-order chi connectivity index (χ0) is 23.8. The Morgan fingerprint density at radius 1 is 1.15 bits per heavy atom. The molecule has 7 heteroatoms. The van der Waals surface area contributed by atoms with Gasteiger partial charge >= 0.3 is 0 Å². The van der Waals surface area contributed by atoms with Crippen molar-refractivity contribution in [2.45, 2.75) is 38.8 Å². The van der Waals surface area contributed by atoms with Crippen molar-refractivity contribution in [2.75, 3.05) is 18.8 Å². The first-order valence-electron chi connectivity index (χ1n) is 11.1. The number of nitrogens with one attached hydrogen (secondary N) is 2. The molecule has 0 aliphatic rings. The standard InChI is InChI=1S/C26H32N4O3/c1-17-12-23(31)8-6-20(17)10-11-28-26(33)21-5-3-4-19(14-21)13-18(2)29-16-24(32)22-7-9-25(27)30-15-22/h3-9,12,14-15,18,24,29,31-32H,10-11,13,16H2,1-2H3,(H2,27,30)(H,28,33). The minimum Gasteiger partial charge on any atom is -0.508 e. The molecule has 0 aliphatic carbocycles. The molecule has 3 rings (SSSR count). The van der Waals surface area contributed by atoms with E-state index in [1.165, 1.54) is 0 Å². The van der Waals surface area contributed by atoms with Gasteiger partial charge in [0.05, 0.1) is 6.10 Å². The van der Waals surface area contributed by atoms with Crippen molar-refractivity contribution >= 4 is 11.7 Å². The second-order valence-electron chi connectivity index (χ2n) is 8.36. The Morgan fingerprint density at radius 2 is 1.97 bits per heavy atom. The van der Waals surface area contributed by atoms with Gasteiger partial charge in [0.2, 0.25) is 0 Å². The lowest BCUT2D eigenvalue weighted by atomic mass is 10.0. The third-order valence-corrected chi connectivity index (χ3v) is 5.59. The van der Waals surface area contributed by atoms with Crippen molar-refractivity contribution in [3.05, 3.63) is 88.6 Å². The van der Waals surface area contributed by atoms with Gasteiger partial charge < -0.3 is 26.6 Å². The number of phenolic OH excluding ortho intramolecular Hbond substituents is 1. The molecule has 3 aromatic rings. The van der Waals surface area contributed by atoms with E-state index in [2.05, 4.69) is 15.6 Å². The van der Waals surface area contributed by atoms with Crippen LogP contribution in [-0.4, -0.2) is 40.2 Å². The maximum Gasteiger partial charge on any atom is 0.251 e. The summed E-state index contributed by atoms with van der Waals surface area (Å²) in [5.41, 5.74) is 10.1. The van der Waals surface area contributed by atoms with E-state index in [1.54, 1.807) is 36.5 Å². The summed E-state index contributed by atoms with van der Waals surface area (Å²) >= 11 is 0. The number of rotatable bonds is 10. The van der Waals surface area contributed by atoms with Crippen LogP contribution in [0.2, 0.25) is 0 Å². The predicted octanol–water partition coefficient (Wildman–Crippen LogP) is 2.90. The molecule has 0 saturated carbocycles. The molecule has 0 bridgehead atoms. The normalized spacial score (nSPS) is 12.8. The maximum atomic E-state index is 12.6. The molecule has 174 valence electrons. The second kappa shape index (κ2) is 11.4. The van der Waals surface area contributed by atoms with Crippen LogP contribution >= 0.6 is 0 Å². The van der Waals surface area contributed by atoms with E-state index < -0.39 is 6.10 Å². The Hall–Kier alpha value is -3.42. The summed E-state index contributed by atoms with van der Waals surface area (Å²) in [4.78, 5) is 16.6. The van der Waals surface area contributed by atoms with E-state index >= 15 is 0 Å². The molecule has 2 unspecified atom stereocenters. The number of carbonyl (C=O) groups excluding carboxylic acids is 1. The van der Waals surface area contributed by atoms with Crippen LogP contribution < -0.4 is 16.4 Å². The second-order valence-corrected chi connectivity index (χ2v) is 8.36. The highest BCUT2D eigenvalue weighted by Crippen LogP contribution is 2.16. The monoisotopic (exact) mass is 448 g/mol. The summed E-state index contributed by atoms with van der Waals surface area (Å²) < 4.78 is 0. The number of aromatic nitrogens is 1. The Labute approximate surface area is 194 Å². The number of nitrogens with zero attached hydrogens (tertiary/aromatic N) is 1. The number of anilines is 1. The average molecular weight is 449 g/mol. The van der Waals surface area contributed by atoms with Crippen molar-refractivity contribution in [3.63, 3.8) is 0 Å². The summed E-state index contributed by atoms with van der Waals surface area (Å²) in [6.07, 6.45) is 2.33. The number of carbonyl (C=O) groups is 1. The van der Waals surface area contributed by atoms with E-state index in [0.717, 1.165) is 23.1 Å². The number of nitrogens with two attached hydrogens (primary N) is 1. The van der Waals surface area contributed by atoms with E-state index in [4.69, 9.17) is 5.73 Å². The number of aromatic hydroxyl groups is 1. The van der Waals surface area contributed by atoms with Gasteiger partial charge in [-0.05, 0) is 73.7 Å². The first-order chi connectivity index (χ1) is 15.8. The van der Waals surface area contributed by atoms with Crippen LogP contribution in [0.4, 0.5) is 5.82 Å². The minimum atomic E-state index is -0.671. The predicted molar refractivity (Wildman–Crippen MR) is 130 cm³/mol. The van der Waals surface area contributed by atoms with Crippen LogP contribution in [0.25, 0.3) is 0 Å². The molecule has 1 heterocycles. The Kier molecular flexibility index (Phi) is 8.40. The van der Waals surface area contributed by atoms with Crippen LogP contribution in [0.1, 0.15) is 45.6 Å². The van der Waals surface area contributed by atoms with Crippen LogP contribution in [0.3, 0.4) is 0 Å². The Balaban J connectivity index is 1.47. The molecule has 2 aromatic carbocycles. The number of benzene rings is 2. The molecule has 0 aliphatic heterocycles. The minimum absolute atomic E-state index is 0.108. The highest BCUT2D eigenvalue weighted by Gasteiger charge is 2.12. The van der Waals surface area contributed by atoms with Crippen molar-refractivity contribution in [1.29, 1.82) is 0 Å². The first-order valence-corrected chi connectivity index (χ1v) is 11.1. The fourth-order valence-corrected chi connectivity index (χ4v) is 3.68. The third-order valence-electron chi connectivity index (χ3n) is 5.59. The SMILES string of the molecule is Cc1cc(O)ccc1CCNC(=O)c1cccc(CC(C)NCC(O)c2ccc(N)nc2)c1. The van der Waals surface area contributed by atoms with Gasteiger partial charge in [-0.25, -0.2) is 4.98 Å². The quantitative estimate of drug-likeness (QED) is 0.325. The van der Waals surface area contributed by atoms with Crippen molar-refractivity contribution in [2.24, 2.45) is 0 Å².